The summed E-state index contributed by atoms with van der Waals surface area (Å²) < 4.78 is 18.3. The van der Waals surface area contributed by atoms with Gasteiger partial charge in [-0.15, -0.1) is 0 Å². The summed E-state index contributed by atoms with van der Waals surface area (Å²) in [4.78, 5) is 10.7. The second-order valence-electron chi connectivity index (χ2n) is 6.83. The topological polar surface area (TPSA) is 66.8 Å². The molecule has 2 N–H and O–H groups in total. The average molecular weight is 415 g/mol. The molecule has 29 heavy (non-hydrogen) atoms. The van der Waals surface area contributed by atoms with E-state index >= 15 is 0 Å². The van der Waals surface area contributed by atoms with Crippen molar-refractivity contribution >= 4 is 17.6 Å². The molecule has 3 aromatic rings. The van der Waals surface area contributed by atoms with Crippen LogP contribution in [0, 0.1) is 12.7 Å². The van der Waals surface area contributed by atoms with Crippen molar-refractivity contribution in [2.75, 3.05) is 6.61 Å². The molecule has 0 aliphatic carbocycles. The van der Waals surface area contributed by atoms with E-state index in [9.17, 15) is 14.3 Å². The molecule has 0 bridgehead atoms. The Morgan fingerprint density at radius 3 is 2.38 bits per heavy atom. The number of aromatic hydroxyl groups is 1. The number of carbonyl (C=O) groups is 1. The fourth-order valence-electron chi connectivity index (χ4n) is 3.11. The maximum Gasteiger partial charge on any atom is 0.341 e. The van der Waals surface area contributed by atoms with Crippen LogP contribution in [0.2, 0.25) is 5.02 Å². The van der Waals surface area contributed by atoms with Crippen LogP contribution in [0.15, 0.2) is 54.6 Å². The van der Waals surface area contributed by atoms with Crippen molar-refractivity contribution in [3.05, 3.63) is 93.3 Å². The van der Waals surface area contributed by atoms with Gasteiger partial charge in [0.1, 0.15) is 17.3 Å². The lowest BCUT2D eigenvalue weighted by Crippen LogP contribution is -2.09. The van der Waals surface area contributed by atoms with Crippen LogP contribution in [0.25, 0.3) is 0 Å². The third-order valence-electron chi connectivity index (χ3n) is 4.59. The van der Waals surface area contributed by atoms with E-state index < -0.39 is 12.6 Å². The van der Waals surface area contributed by atoms with Gasteiger partial charge in [0.2, 0.25) is 0 Å². The maximum atomic E-state index is 13.1. The Balaban J connectivity index is 1.81. The van der Waals surface area contributed by atoms with E-state index in [1.54, 1.807) is 30.3 Å². The maximum absolute atomic E-state index is 13.1. The van der Waals surface area contributed by atoms with Gasteiger partial charge in [-0.2, -0.15) is 0 Å². The number of hydrogen-bond acceptors (Lipinski definition) is 3. The quantitative estimate of drug-likeness (QED) is 0.562. The number of ether oxygens (including phenoxy) is 1. The summed E-state index contributed by atoms with van der Waals surface area (Å²) in [5, 5.41) is 19.4. The Bertz CT molecular complexity index is 1010. The highest BCUT2D eigenvalue weighted by Crippen LogP contribution is 2.30. The highest BCUT2D eigenvalue weighted by Gasteiger charge is 2.11. The van der Waals surface area contributed by atoms with E-state index in [0.717, 1.165) is 27.8 Å². The average Bonchev–Trinajstić information content (AvgIpc) is 2.67. The number of aryl methyl sites for hydroxylation is 1. The van der Waals surface area contributed by atoms with Gasteiger partial charge in [0.25, 0.3) is 0 Å². The molecule has 3 aromatic carbocycles. The second-order valence-corrected chi connectivity index (χ2v) is 7.23. The standard InChI is InChI=1S/C23H20ClFO4/c1-14-8-19(29-13-23(27)28)12-21(24)20(14)11-16-4-7-22(26)17(10-16)9-15-2-5-18(25)6-3-15/h2-8,10,12,26H,9,11,13H2,1H3,(H,27,28). The third kappa shape index (κ3) is 5.48. The molecular weight excluding hydrogens is 395 g/mol. The summed E-state index contributed by atoms with van der Waals surface area (Å²) >= 11 is 6.40. The fourth-order valence-corrected chi connectivity index (χ4v) is 3.43. The van der Waals surface area contributed by atoms with Gasteiger partial charge >= 0.3 is 5.97 Å². The molecule has 150 valence electrons. The number of rotatable bonds is 7. The summed E-state index contributed by atoms with van der Waals surface area (Å²) in [5.74, 6) is -0.770. The van der Waals surface area contributed by atoms with Crippen LogP contribution in [-0.4, -0.2) is 22.8 Å². The summed E-state index contributed by atoms with van der Waals surface area (Å²) in [6.45, 7) is 1.45. The van der Waals surface area contributed by atoms with Gasteiger partial charge in [-0.1, -0.05) is 35.9 Å². The number of aliphatic carboxylic acids is 1. The number of phenolic OH excluding ortho intramolecular Hbond substituents is 1. The van der Waals surface area contributed by atoms with Crippen molar-refractivity contribution in [3.8, 4) is 11.5 Å². The van der Waals surface area contributed by atoms with E-state index in [0.29, 0.717) is 23.6 Å². The Labute approximate surface area is 173 Å². The Morgan fingerprint density at radius 1 is 1.03 bits per heavy atom. The number of hydrogen-bond donors (Lipinski definition) is 2. The molecule has 0 amide bonds. The minimum Gasteiger partial charge on any atom is -0.508 e. The van der Waals surface area contributed by atoms with E-state index in [-0.39, 0.29) is 11.6 Å². The van der Waals surface area contributed by atoms with Crippen LogP contribution >= 0.6 is 11.6 Å². The smallest absolute Gasteiger partial charge is 0.341 e. The van der Waals surface area contributed by atoms with Crippen LogP contribution < -0.4 is 4.74 Å². The molecule has 0 heterocycles. The van der Waals surface area contributed by atoms with Crippen molar-refractivity contribution in [1.82, 2.24) is 0 Å². The summed E-state index contributed by atoms with van der Waals surface area (Å²) in [6.07, 6.45) is 1.02. The third-order valence-corrected chi connectivity index (χ3v) is 4.92. The van der Waals surface area contributed by atoms with Gasteiger partial charge in [0.15, 0.2) is 6.61 Å². The molecule has 0 aliphatic rings. The zero-order chi connectivity index (χ0) is 21.0. The fraction of sp³-hybridized carbons (Fsp3) is 0.174. The lowest BCUT2D eigenvalue weighted by atomic mass is 9.96. The van der Waals surface area contributed by atoms with E-state index in [2.05, 4.69) is 0 Å². The lowest BCUT2D eigenvalue weighted by Gasteiger charge is -2.13. The van der Waals surface area contributed by atoms with E-state index in [4.69, 9.17) is 21.4 Å². The monoisotopic (exact) mass is 414 g/mol. The summed E-state index contributed by atoms with van der Waals surface area (Å²) in [6, 6.07) is 14.9. The molecule has 0 unspecified atom stereocenters. The van der Waals surface area contributed by atoms with Crippen LogP contribution in [0.1, 0.15) is 27.8 Å². The van der Waals surface area contributed by atoms with Gasteiger partial charge in [0, 0.05) is 11.4 Å². The Morgan fingerprint density at radius 2 is 1.72 bits per heavy atom. The minimum atomic E-state index is -1.05. The predicted molar refractivity (Wildman–Crippen MR) is 109 cm³/mol. The molecule has 0 fully saturated rings. The van der Waals surface area contributed by atoms with Gasteiger partial charge in [-0.3, -0.25) is 0 Å². The Hall–Kier alpha value is -3.05. The van der Waals surface area contributed by atoms with Crippen molar-refractivity contribution < 1.29 is 24.1 Å². The highest BCUT2D eigenvalue weighted by molar-refractivity contribution is 6.31. The molecule has 0 atom stereocenters. The predicted octanol–water partition coefficient (Wildman–Crippen LogP) is 5.14. The minimum absolute atomic E-state index is 0.179. The molecule has 0 aliphatic heterocycles. The van der Waals surface area contributed by atoms with Crippen molar-refractivity contribution in [2.45, 2.75) is 19.8 Å². The van der Waals surface area contributed by atoms with Crippen LogP contribution in [0.4, 0.5) is 4.39 Å². The first kappa shape index (κ1) is 20.7. The van der Waals surface area contributed by atoms with Gasteiger partial charge < -0.3 is 14.9 Å². The van der Waals surface area contributed by atoms with Crippen LogP contribution in [0.3, 0.4) is 0 Å². The molecule has 0 saturated carbocycles. The van der Waals surface area contributed by atoms with Gasteiger partial charge in [-0.05, 0) is 71.5 Å². The largest absolute Gasteiger partial charge is 0.508 e. The highest BCUT2D eigenvalue weighted by atomic mass is 35.5. The van der Waals surface area contributed by atoms with Crippen LogP contribution in [-0.2, 0) is 17.6 Å². The summed E-state index contributed by atoms with van der Waals surface area (Å²) in [5.41, 5.74) is 4.38. The first-order valence-electron chi connectivity index (χ1n) is 9.00. The van der Waals surface area contributed by atoms with Crippen molar-refractivity contribution in [2.24, 2.45) is 0 Å². The Kier molecular flexibility index (Phi) is 6.39. The van der Waals surface area contributed by atoms with E-state index in [1.165, 1.54) is 12.1 Å². The zero-order valence-corrected chi connectivity index (χ0v) is 16.5. The van der Waals surface area contributed by atoms with Gasteiger partial charge in [-0.25, -0.2) is 9.18 Å². The number of halogens is 2. The first-order chi connectivity index (χ1) is 13.8. The van der Waals surface area contributed by atoms with Crippen LogP contribution in [0.5, 0.6) is 11.5 Å². The molecule has 0 aromatic heterocycles. The van der Waals surface area contributed by atoms with Crippen molar-refractivity contribution in [1.29, 1.82) is 0 Å². The number of carboxylic acids is 1. The molecular formula is C23H20ClFO4. The molecule has 0 radical (unpaired) electrons. The van der Waals surface area contributed by atoms with Gasteiger partial charge in [0.05, 0.1) is 0 Å². The summed E-state index contributed by atoms with van der Waals surface area (Å²) in [7, 11) is 0. The normalized spacial score (nSPS) is 10.7. The zero-order valence-electron chi connectivity index (χ0n) is 15.8. The lowest BCUT2D eigenvalue weighted by molar-refractivity contribution is -0.139. The number of carboxylic acid groups (broad SMARTS) is 1. The molecule has 3 rings (SSSR count). The molecule has 4 nitrogen and oxygen atoms in total. The second kappa shape index (κ2) is 8.97. The molecule has 0 spiro atoms. The number of phenols is 1. The number of benzene rings is 3. The first-order valence-corrected chi connectivity index (χ1v) is 9.38. The SMILES string of the molecule is Cc1cc(OCC(=O)O)cc(Cl)c1Cc1ccc(O)c(Cc2ccc(F)cc2)c1. The molecule has 0 saturated heterocycles. The molecule has 6 heteroatoms. The van der Waals surface area contributed by atoms with E-state index in [1.807, 2.05) is 19.1 Å². The van der Waals surface area contributed by atoms with Crippen molar-refractivity contribution in [3.63, 3.8) is 0 Å².